The fraction of sp³-hybridized carbons (Fsp3) is 0.923. The van der Waals surface area contributed by atoms with Crippen LogP contribution in [-0.4, -0.2) is 17.1 Å². The van der Waals surface area contributed by atoms with Gasteiger partial charge < -0.3 is 10.8 Å². The molecule has 96 valence electrons. The maximum absolute atomic E-state index is 10.5. The minimum Gasteiger partial charge on any atom is -0.480 e. The zero-order chi connectivity index (χ0) is 12.4. The van der Waals surface area contributed by atoms with Gasteiger partial charge in [0.15, 0.2) is 0 Å². The summed E-state index contributed by atoms with van der Waals surface area (Å²) in [5, 5.41) is 8.63. The van der Waals surface area contributed by atoms with Crippen molar-refractivity contribution in [2.24, 2.45) is 11.7 Å². The molecule has 1 unspecified atom stereocenters. The summed E-state index contributed by atoms with van der Waals surface area (Å²) in [5.74, 6) is -0.0466. The van der Waals surface area contributed by atoms with E-state index < -0.39 is 12.0 Å². The van der Waals surface area contributed by atoms with Crippen molar-refractivity contribution in [3.05, 3.63) is 0 Å². The molecule has 0 rings (SSSR count). The van der Waals surface area contributed by atoms with Gasteiger partial charge in [0, 0.05) is 0 Å². The number of carboxylic acid groups (broad SMARTS) is 1. The molecule has 0 spiro atoms. The maximum atomic E-state index is 10.5. The average Bonchev–Trinajstić information content (AvgIpc) is 2.24. The van der Waals surface area contributed by atoms with E-state index in [1.54, 1.807) is 0 Å². The van der Waals surface area contributed by atoms with E-state index in [0.717, 1.165) is 18.8 Å². The predicted octanol–water partition coefficient (Wildman–Crippen LogP) is 3.18. The third-order valence-corrected chi connectivity index (χ3v) is 3.09. The Hall–Kier alpha value is -0.570. The summed E-state index contributed by atoms with van der Waals surface area (Å²) in [4.78, 5) is 10.5. The van der Waals surface area contributed by atoms with E-state index in [2.05, 4.69) is 13.8 Å². The van der Waals surface area contributed by atoms with Crippen molar-refractivity contribution < 1.29 is 9.90 Å². The highest BCUT2D eigenvalue weighted by atomic mass is 16.4. The standard InChI is InChI=1S/C13H27NO2/c1-3-7-11(8-4-2)9-5-6-10-12(14)13(15)16/h11-12H,3-10,14H2,1-2H3,(H,15,16). The van der Waals surface area contributed by atoms with Gasteiger partial charge in [-0.1, -0.05) is 58.8 Å². The minimum atomic E-state index is -0.876. The highest BCUT2D eigenvalue weighted by Gasteiger charge is 2.11. The number of carbonyl (C=O) groups is 1. The molecule has 0 amide bonds. The van der Waals surface area contributed by atoms with Crippen LogP contribution in [0.5, 0.6) is 0 Å². The summed E-state index contributed by atoms with van der Waals surface area (Å²) in [7, 11) is 0. The van der Waals surface area contributed by atoms with Gasteiger partial charge in [-0.15, -0.1) is 0 Å². The molecular formula is C13H27NO2. The molecule has 3 nitrogen and oxygen atoms in total. The summed E-state index contributed by atoms with van der Waals surface area (Å²) in [6.07, 6.45) is 9.01. The number of hydrogen-bond donors (Lipinski definition) is 2. The third kappa shape index (κ3) is 7.69. The van der Waals surface area contributed by atoms with Crippen LogP contribution in [0.3, 0.4) is 0 Å². The third-order valence-electron chi connectivity index (χ3n) is 3.09. The molecule has 0 heterocycles. The highest BCUT2D eigenvalue weighted by molar-refractivity contribution is 5.72. The van der Waals surface area contributed by atoms with Crippen molar-refractivity contribution in [3.8, 4) is 0 Å². The van der Waals surface area contributed by atoms with E-state index >= 15 is 0 Å². The van der Waals surface area contributed by atoms with Crippen LogP contribution in [0.4, 0.5) is 0 Å². The van der Waals surface area contributed by atoms with Crippen molar-refractivity contribution in [1.29, 1.82) is 0 Å². The molecule has 3 heteroatoms. The lowest BCUT2D eigenvalue weighted by molar-refractivity contribution is -0.138. The zero-order valence-corrected chi connectivity index (χ0v) is 10.7. The van der Waals surface area contributed by atoms with E-state index in [9.17, 15) is 4.79 Å². The van der Waals surface area contributed by atoms with Gasteiger partial charge in [0.2, 0.25) is 0 Å². The maximum Gasteiger partial charge on any atom is 0.320 e. The molecule has 0 aromatic heterocycles. The molecule has 0 saturated carbocycles. The molecule has 3 N–H and O–H groups in total. The summed E-state index contributed by atoms with van der Waals surface area (Å²) in [5.41, 5.74) is 5.45. The smallest absolute Gasteiger partial charge is 0.320 e. The lowest BCUT2D eigenvalue weighted by Crippen LogP contribution is -2.29. The zero-order valence-electron chi connectivity index (χ0n) is 10.7. The normalized spacial score (nSPS) is 13.0. The molecule has 0 aromatic rings. The molecule has 1 atom stereocenters. The quantitative estimate of drug-likeness (QED) is 0.565. The number of hydrogen-bond acceptors (Lipinski definition) is 2. The molecular weight excluding hydrogens is 202 g/mol. The molecule has 0 radical (unpaired) electrons. The topological polar surface area (TPSA) is 63.3 Å². The van der Waals surface area contributed by atoms with Gasteiger partial charge in [-0.05, 0) is 12.3 Å². The molecule has 0 saturated heterocycles. The van der Waals surface area contributed by atoms with E-state index in [1.807, 2.05) is 0 Å². The molecule has 0 bridgehead atoms. The van der Waals surface area contributed by atoms with Crippen molar-refractivity contribution in [1.82, 2.24) is 0 Å². The molecule has 16 heavy (non-hydrogen) atoms. The lowest BCUT2D eigenvalue weighted by atomic mass is 9.92. The SMILES string of the molecule is CCCC(CCC)CCCCC(N)C(=O)O. The second-order valence-electron chi connectivity index (χ2n) is 4.67. The Morgan fingerprint density at radius 1 is 1.06 bits per heavy atom. The second-order valence-corrected chi connectivity index (χ2v) is 4.67. The largest absolute Gasteiger partial charge is 0.480 e. The Morgan fingerprint density at radius 2 is 1.56 bits per heavy atom. The molecule has 0 aromatic carbocycles. The first kappa shape index (κ1) is 15.4. The average molecular weight is 229 g/mol. The van der Waals surface area contributed by atoms with Crippen molar-refractivity contribution in [3.63, 3.8) is 0 Å². The Labute approximate surface area is 99.4 Å². The number of aliphatic carboxylic acids is 1. The van der Waals surface area contributed by atoms with Crippen LogP contribution in [-0.2, 0) is 4.79 Å². The van der Waals surface area contributed by atoms with Crippen LogP contribution >= 0.6 is 0 Å². The molecule has 0 aliphatic carbocycles. The molecule has 0 aliphatic heterocycles. The van der Waals surface area contributed by atoms with Crippen LogP contribution in [0.1, 0.15) is 65.2 Å². The van der Waals surface area contributed by atoms with E-state index in [4.69, 9.17) is 10.8 Å². The number of nitrogens with two attached hydrogens (primary N) is 1. The van der Waals surface area contributed by atoms with E-state index in [1.165, 1.54) is 32.1 Å². The summed E-state index contributed by atoms with van der Waals surface area (Å²) < 4.78 is 0. The second kappa shape index (κ2) is 9.64. The van der Waals surface area contributed by atoms with Gasteiger partial charge in [-0.25, -0.2) is 0 Å². The van der Waals surface area contributed by atoms with E-state index in [0.29, 0.717) is 6.42 Å². The fourth-order valence-electron chi connectivity index (χ4n) is 2.17. The van der Waals surface area contributed by atoms with Crippen molar-refractivity contribution in [2.45, 2.75) is 71.3 Å². The van der Waals surface area contributed by atoms with Crippen molar-refractivity contribution in [2.75, 3.05) is 0 Å². The summed E-state index contributed by atoms with van der Waals surface area (Å²) >= 11 is 0. The van der Waals surface area contributed by atoms with Gasteiger partial charge in [-0.2, -0.15) is 0 Å². The Balaban J connectivity index is 3.57. The lowest BCUT2D eigenvalue weighted by Gasteiger charge is -2.15. The van der Waals surface area contributed by atoms with Crippen LogP contribution in [0.25, 0.3) is 0 Å². The number of rotatable bonds is 10. The number of unbranched alkanes of at least 4 members (excludes halogenated alkanes) is 1. The van der Waals surface area contributed by atoms with Crippen LogP contribution in [0, 0.1) is 5.92 Å². The van der Waals surface area contributed by atoms with Crippen molar-refractivity contribution >= 4 is 5.97 Å². The van der Waals surface area contributed by atoms with Gasteiger partial charge in [-0.3, -0.25) is 4.79 Å². The molecule has 0 fully saturated rings. The van der Waals surface area contributed by atoms with Crippen LogP contribution in [0.15, 0.2) is 0 Å². The van der Waals surface area contributed by atoms with Gasteiger partial charge in [0.1, 0.15) is 6.04 Å². The predicted molar refractivity (Wildman–Crippen MR) is 67.4 cm³/mol. The first-order valence-electron chi connectivity index (χ1n) is 6.60. The summed E-state index contributed by atoms with van der Waals surface area (Å²) in [6, 6.07) is -0.671. The first-order chi connectivity index (χ1) is 7.61. The Kier molecular flexibility index (Phi) is 9.30. The van der Waals surface area contributed by atoms with E-state index in [-0.39, 0.29) is 0 Å². The highest BCUT2D eigenvalue weighted by Crippen LogP contribution is 2.20. The fourth-order valence-corrected chi connectivity index (χ4v) is 2.17. The van der Waals surface area contributed by atoms with Gasteiger partial charge in [0.05, 0.1) is 0 Å². The van der Waals surface area contributed by atoms with Crippen LogP contribution < -0.4 is 5.73 Å². The monoisotopic (exact) mass is 229 g/mol. The summed E-state index contributed by atoms with van der Waals surface area (Å²) in [6.45, 7) is 4.45. The van der Waals surface area contributed by atoms with Gasteiger partial charge >= 0.3 is 5.97 Å². The first-order valence-corrected chi connectivity index (χ1v) is 6.60. The Morgan fingerprint density at radius 3 is 2.00 bits per heavy atom. The Bertz CT molecular complexity index is 177. The van der Waals surface area contributed by atoms with Gasteiger partial charge in [0.25, 0.3) is 0 Å². The molecule has 0 aliphatic rings. The minimum absolute atomic E-state index is 0.611. The number of carboxylic acids is 1. The van der Waals surface area contributed by atoms with Crippen LogP contribution in [0.2, 0.25) is 0 Å².